The summed E-state index contributed by atoms with van der Waals surface area (Å²) in [6.07, 6.45) is 6.83. The van der Waals surface area contributed by atoms with Crippen molar-refractivity contribution in [3.8, 4) is 0 Å². The van der Waals surface area contributed by atoms with E-state index in [0.29, 0.717) is 0 Å². The van der Waals surface area contributed by atoms with Gasteiger partial charge in [-0.2, -0.15) is 0 Å². The van der Waals surface area contributed by atoms with Gasteiger partial charge in [0.05, 0.1) is 0 Å². The Hall–Kier alpha value is 0.623. The summed E-state index contributed by atoms with van der Waals surface area (Å²) in [4.78, 5) is 0. The molecule has 0 amide bonds. The Balaban J connectivity index is 0.000000436. The van der Waals surface area contributed by atoms with Crippen LogP contribution in [0.5, 0.6) is 0 Å². The molecule has 0 unspecified atom stereocenters. The molecule has 2 saturated carbocycles. The fraction of sp³-hybridized carbons (Fsp3) is 0.565. The fourth-order valence-electron chi connectivity index (χ4n) is 2.78. The molecule has 10 radical (unpaired) electrons. The predicted octanol–water partition coefficient (Wildman–Crippen LogP) is 6.82. The van der Waals surface area contributed by atoms with Crippen LogP contribution in [0.2, 0.25) is 0 Å². The molecule has 0 spiro atoms. The summed E-state index contributed by atoms with van der Waals surface area (Å²) in [5.74, 6) is 10.2. The van der Waals surface area contributed by atoms with Gasteiger partial charge in [0, 0.05) is 0 Å². The van der Waals surface area contributed by atoms with Crippen molar-refractivity contribution in [3.63, 3.8) is 0 Å². The molecule has 0 aromatic heterocycles. The van der Waals surface area contributed by atoms with Crippen molar-refractivity contribution in [2.24, 2.45) is 10.8 Å². The van der Waals surface area contributed by atoms with E-state index in [2.05, 4.69) is 95.4 Å². The molecule has 2 rings (SSSR count). The summed E-state index contributed by atoms with van der Waals surface area (Å²) in [6, 6.07) is 0. The molecule has 1 heteroatoms. The second kappa shape index (κ2) is 9.01. The van der Waals surface area contributed by atoms with E-state index < -0.39 is 0 Å². The molecule has 24 heavy (non-hydrogen) atoms. The molecule has 0 aromatic rings. The van der Waals surface area contributed by atoms with Crippen molar-refractivity contribution in [2.45, 2.75) is 76.2 Å². The van der Waals surface area contributed by atoms with Gasteiger partial charge in [0.2, 0.25) is 0 Å². The number of hydrogen-bond donors (Lipinski definition) is 0. The Kier molecular flexibility index (Phi) is 9.25. The van der Waals surface area contributed by atoms with Gasteiger partial charge in [-0.1, -0.05) is 76.2 Å². The van der Waals surface area contributed by atoms with Gasteiger partial charge in [-0.3, -0.25) is 0 Å². The maximum Gasteiger partial charge on any atom is 2.00 e. The topological polar surface area (TPSA) is 0 Å². The Labute approximate surface area is 167 Å². The standard InChI is InChI=1S/C13H21.C10H15.Ru/c1-12(2,3)10-7-8-11(9-10)13(4,5)6;1-6-7(2)9(4)10(5)8(6)3;/h7-9H,1-6H3;1-5H3;/q;;+2. The molecule has 0 heterocycles. The van der Waals surface area contributed by atoms with Gasteiger partial charge in [-0.05, 0) is 71.5 Å². The summed E-state index contributed by atoms with van der Waals surface area (Å²) in [6.45, 7) is 24.5. The third kappa shape index (κ3) is 6.11. The fourth-order valence-corrected chi connectivity index (χ4v) is 2.78. The van der Waals surface area contributed by atoms with Crippen LogP contribution in [0.1, 0.15) is 76.2 Å². The summed E-state index contributed by atoms with van der Waals surface area (Å²) < 4.78 is 0. The molecule has 0 nitrogen and oxygen atoms in total. The zero-order valence-electron chi connectivity index (χ0n) is 17.6. The zero-order valence-corrected chi connectivity index (χ0v) is 19.3. The molecule has 2 aliphatic carbocycles. The van der Waals surface area contributed by atoms with Crippen LogP contribution in [0, 0.1) is 71.5 Å². The van der Waals surface area contributed by atoms with Gasteiger partial charge < -0.3 is 0 Å². The average molecular weight is 414 g/mol. The first-order valence-corrected chi connectivity index (χ1v) is 8.74. The summed E-state index contributed by atoms with van der Waals surface area (Å²) in [5, 5.41) is 0. The summed E-state index contributed by atoms with van der Waals surface area (Å²) >= 11 is 0. The first-order chi connectivity index (χ1) is 10.3. The maximum absolute atomic E-state index is 2.33. The second-order valence-electron chi connectivity index (χ2n) is 9.01. The molecular formula is C23H36Ru+2. The first-order valence-electron chi connectivity index (χ1n) is 8.74. The van der Waals surface area contributed by atoms with Crippen LogP contribution in [0.15, 0.2) is 0 Å². The van der Waals surface area contributed by atoms with Crippen molar-refractivity contribution in [2.75, 3.05) is 0 Å². The van der Waals surface area contributed by atoms with Crippen molar-refractivity contribution in [1.82, 2.24) is 0 Å². The van der Waals surface area contributed by atoms with Crippen LogP contribution in [-0.2, 0) is 19.5 Å². The van der Waals surface area contributed by atoms with Crippen LogP contribution in [-0.4, -0.2) is 0 Å². The molecule has 2 fully saturated rings. The van der Waals surface area contributed by atoms with E-state index in [4.69, 9.17) is 0 Å². The van der Waals surface area contributed by atoms with Crippen LogP contribution in [0.25, 0.3) is 0 Å². The van der Waals surface area contributed by atoms with Gasteiger partial charge in [0.25, 0.3) is 0 Å². The Morgan fingerprint density at radius 3 is 0.833 bits per heavy atom. The van der Waals surface area contributed by atoms with Crippen molar-refractivity contribution in [1.29, 1.82) is 0 Å². The normalized spacial score (nSPS) is 24.1. The van der Waals surface area contributed by atoms with Crippen molar-refractivity contribution < 1.29 is 19.5 Å². The Morgan fingerprint density at radius 1 is 0.500 bits per heavy atom. The van der Waals surface area contributed by atoms with Crippen molar-refractivity contribution in [3.05, 3.63) is 60.7 Å². The Morgan fingerprint density at radius 2 is 0.708 bits per heavy atom. The van der Waals surface area contributed by atoms with Gasteiger partial charge in [-0.15, -0.1) is 0 Å². The zero-order chi connectivity index (χ0) is 18.2. The van der Waals surface area contributed by atoms with E-state index in [-0.39, 0.29) is 30.3 Å². The maximum atomic E-state index is 2.33. The number of rotatable bonds is 0. The smallest absolute Gasteiger partial charge is 0.0596 e. The van der Waals surface area contributed by atoms with Crippen LogP contribution in [0.3, 0.4) is 0 Å². The molecule has 0 aromatic carbocycles. The van der Waals surface area contributed by atoms with E-state index in [1.807, 2.05) is 0 Å². The largest absolute Gasteiger partial charge is 2.00 e. The van der Waals surface area contributed by atoms with E-state index in [0.717, 1.165) is 0 Å². The molecular weight excluding hydrogens is 377 g/mol. The quantitative estimate of drug-likeness (QED) is 0.382. The molecule has 0 aliphatic heterocycles. The van der Waals surface area contributed by atoms with Gasteiger partial charge in [0.1, 0.15) is 0 Å². The monoisotopic (exact) mass is 414 g/mol. The SMILES string of the molecule is CC(C)(C)[C]1[CH][CH][C](C(C)(C)C)[CH]1.C[C]1[C](C)[C](C)[C](C)[C]1C.[Ru+2]. The molecule has 0 bridgehead atoms. The first kappa shape index (κ1) is 24.6. The minimum absolute atomic E-state index is 0. The Bertz CT molecular complexity index is 294. The van der Waals surface area contributed by atoms with Gasteiger partial charge >= 0.3 is 19.5 Å². The van der Waals surface area contributed by atoms with E-state index in [1.54, 1.807) is 0 Å². The molecule has 0 saturated heterocycles. The molecule has 2 aliphatic rings. The molecule has 0 N–H and O–H groups in total. The van der Waals surface area contributed by atoms with Crippen LogP contribution >= 0.6 is 0 Å². The van der Waals surface area contributed by atoms with Gasteiger partial charge in [0.15, 0.2) is 0 Å². The van der Waals surface area contributed by atoms with Crippen molar-refractivity contribution >= 4 is 0 Å². The van der Waals surface area contributed by atoms with E-state index in [1.165, 1.54) is 41.4 Å². The molecule has 0 atom stereocenters. The van der Waals surface area contributed by atoms with Crippen LogP contribution in [0.4, 0.5) is 0 Å². The summed E-state index contributed by atoms with van der Waals surface area (Å²) in [7, 11) is 0. The number of hydrogen-bond acceptors (Lipinski definition) is 0. The minimum atomic E-state index is 0. The minimum Gasteiger partial charge on any atom is -0.0596 e. The average Bonchev–Trinajstić information content (AvgIpc) is 2.98. The van der Waals surface area contributed by atoms with Crippen LogP contribution < -0.4 is 0 Å². The molecule has 134 valence electrons. The van der Waals surface area contributed by atoms with E-state index in [9.17, 15) is 0 Å². The third-order valence-corrected chi connectivity index (χ3v) is 5.30. The van der Waals surface area contributed by atoms with E-state index >= 15 is 0 Å². The third-order valence-electron chi connectivity index (χ3n) is 5.30. The predicted molar refractivity (Wildman–Crippen MR) is 103 cm³/mol. The summed E-state index contributed by atoms with van der Waals surface area (Å²) in [5.41, 5.74) is 0.562. The van der Waals surface area contributed by atoms with Gasteiger partial charge in [-0.25, -0.2) is 0 Å². The second-order valence-corrected chi connectivity index (χ2v) is 9.01.